The first-order valence-electron chi connectivity index (χ1n) is 11.1. The molecule has 186 valence electrons. The van der Waals surface area contributed by atoms with Gasteiger partial charge in [-0.3, -0.25) is 24.5 Å². The second-order valence-corrected chi connectivity index (χ2v) is 8.71. The number of benzene rings is 2. The molecule has 0 aliphatic carbocycles. The quantitative estimate of drug-likeness (QED) is 0.413. The van der Waals surface area contributed by atoms with E-state index in [0.717, 1.165) is 6.07 Å². The first-order valence-corrected chi connectivity index (χ1v) is 11.1. The van der Waals surface area contributed by atoms with Crippen LogP contribution in [0.1, 0.15) is 38.7 Å². The summed E-state index contributed by atoms with van der Waals surface area (Å²) in [5.41, 5.74) is 0.240. The molecule has 11 heteroatoms. The molecule has 1 saturated heterocycles. The number of rotatable bonds is 9. The molecular formula is C24H26F2N4O5. The second-order valence-electron chi connectivity index (χ2n) is 8.71. The molecule has 9 nitrogen and oxygen atoms in total. The summed E-state index contributed by atoms with van der Waals surface area (Å²) in [6, 6.07) is 7.61. The predicted molar refractivity (Wildman–Crippen MR) is 123 cm³/mol. The van der Waals surface area contributed by atoms with Crippen LogP contribution in [0.5, 0.6) is 0 Å². The molecule has 2 atom stereocenters. The molecule has 1 heterocycles. The van der Waals surface area contributed by atoms with Gasteiger partial charge in [0.1, 0.15) is 6.04 Å². The number of anilines is 1. The van der Waals surface area contributed by atoms with Crippen molar-refractivity contribution in [3.05, 3.63) is 69.8 Å². The average Bonchev–Trinajstić information content (AvgIpc) is 3.14. The van der Waals surface area contributed by atoms with Crippen molar-refractivity contribution in [1.29, 1.82) is 0 Å². The van der Waals surface area contributed by atoms with E-state index in [4.69, 9.17) is 0 Å². The molecule has 1 aliphatic rings. The number of amides is 3. The summed E-state index contributed by atoms with van der Waals surface area (Å²) in [5, 5.41) is 16.1. The first-order chi connectivity index (χ1) is 16.6. The summed E-state index contributed by atoms with van der Waals surface area (Å²) >= 11 is 0. The molecule has 35 heavy (non-hydrogen) atoms. The minimum Gasteiger partial charge on any atom is -0.344 e. The monoisotopic (exact) mass is 488 g/mol. The number of nitro groups is 1. The highest BCUT2D eigenvalue weighted by Crippen LogP contribution is 2.25. The van der Waals surface area contributed by atoms with Crippen molar-refractivity contribution in [3.8, 4) is 0 Å². The third-order valence-electron chi connectivity index (χ3n) is 5.86. The van der Waals surface area contributed by atoms with Crippen molar-refractivity contribution >= 4 is 29.1 Å². The number of nitrogens with zero attached hydrogens (tertiary/aromatic N) is 2. The molecule has 1 unspecified atom stereocenters. The Morgan fingerprint density at radius 3 is 2.49 bits per heavy atom. The fourth-order valence-electron chi connectivity index (χ4n) is 3.94. The Morgan fingerprint density at radius 1 is 1.17 bits per heavy atom. The van der Waals surface area contributed by atoms with Crippen LogP contribution in [0.15, 0.2) is 42.5 Å². The van der Waals surface area contributed by atoms with E-state index in [1.54, 1.807) is 13.8 Å². The maximum atomic E-state index is 14.1. The summed E-state index contributed by atoms with van der Waals surface area (Å²) < 4.78 is 27.6. The van der Waals surface area contributed by atoms with Crippen LogP contribution in [0.3, 0.4) is 0 Å². The molecule has 0 spiro atoms. The minimum atomic E-state index is -1.03. The third-order valence-corrected chi connectivity index (χ3v) is 5.86. The van der Waals surface area contributed by atoms with E-state index in [1.807, 2.05) is 0 Å². The van der Waals surface area contributed by atoms with E-state index >= 15 is 0 Å². The van der Waals surface area contributed by atoms with Crippen molar-refractivity contribution < 1.29 is 28.1 Å². The molecular weight excluding hydrogens is 462 g/mol. The number of halogens is 2. The zero-order valence-corrected chi connectivity index (χ0v) is 19.3. The number of hydrogen-bond donors (Lipinski definition) is 2. The van der Waals surface area contributed by atoms with Gasteiger partial charge in [0, 0.05) is 48.8 Å². The largest absolute Gasteiger partial charge is 0.344 e. The summed E-state index contributed by atoms with van der Waals surface area (Å²) in [5.74, 6) is -3.54. The number of non-ortho nitro benzene ring substituents is 1. The Bertz CT molecular complexity index is 1120. The van der Waals surface area contributed by atoms with Crippen LogP contribution in [0.2, 0.25) is 0 Å². The van der Waals surface area contributed by atoms with Crippen molar-refractivity contribution in [3.63, 3.8) is 0 Å². The molecule has 3 amide bonds. The number of carbonyl (C=O) groups is 3. The Kier molecular flexibility index (Phi) is 8.10. The van der Waals surface area contributed by atoms with Crippen LogP contribution in [0, 0.1) is 27.7 Å². The standard InChI is InChI=1S/C24H26F2N4O5/c1-14(2)23(24(33)27-16-6-8-17(9-7-16)30(34)35)28-20(31)12-18-10-11-21(32)29(18)13-15-4-3-5-19(25)22(15)26/h3-9,14,18,23H,10-13H2,1-2H3,(H,27,33)(H,28,31)/t18-,23?/m0/s1. The Morgan fingerprint density at radius 2 is 1.86 bits per heavy atom. The van der Waals surface area contributed by atoms with Crippen molar-refractivity contribution in [2.24, 2.45) is 5.92 Å². The number of nitrogens with one attached hydrogen (secondary N) is 2. The molecule has 0 radical (unpaired) electrons. The van der Waals surface area contributed by atoms with Crippen LogP contribution >= 0.6 is 0 Å². The summed E-state index contributed by atoms with van der Waals surface area (Å²) in [7, 11) is 0. The predicted octanol–water partition coefficient (Wildman–Crippen LogP) is 3.53. The van der Waals surface area contributed by atoms with Gasteiger partial charge in [-0.25, -0.2) is 8.78 Å². The number of carbonyl (C=O) groups excluding carboxylic acids is 3. The van der Waals surface area contributed by atoms with E-state index in [1.165, 1.54) is 41.3 Å². The highest BCUT2D eigenvalue weighted by Gasteiger charge is 2.34. The van der Waals surface area contributed by atoms with Crippen LogP contribution in [0.25, 0.3) is 0 Å². The lowest BCUT2D eigenvalue weighted by Gasteiger charge is -2.27. The minimum absolute atomic E-state index is 0.0215. The molecule has 2 N–H and O–H groups in total. The maximum Gasteiger partial charge on any atom is 0.269 e. The lowest BCUT2D eigenvalue weighted by atomic mass is 10.0. The fraction of sp³-hybridized carbons (Fsp3) is 0.375. The molecule has 1 fully saturated rings. The lowest BCUT2D eigenvalue weighted by molar-refractivity contribution is -0.384. The van der Waals surface area contributed by atoms with Gasteiger partial charge in [-0.05, 0) is 30.5 Å². The molecule has 2 aromatic carbocycles. The van der Waals surface area contributed by atoms with E-state index < -0.39 is 40.5 Å². The average molecular weight is 488 g/mol. The molecule has 0 aromatic heterocycles. The van der Waals surface area contributed by atoms with Crippen LogP contribution in [-0.4, -0.2) is 39.6 Å². The van der Waals surface area contributed by atoms with Gasteiger partial charge < -0.3 is 15.5 Å². The van der Waals surface area contributed by atoms with Gasteiger partial charge >= 0.3 is 0 Å². The van der Waals surface area contributed by atoms with Gasteiger partial charge in [0.2, 0.25) is 17.7 Å². The van der Waals surface area contributed by atoms with Gasteiger partial charge in [0.25, 0.3) is 5.69 Å². The smallest absolute Gasteiger partial charge is 0.269 e. The Hall–Kier alpha value is -3.89. The van der Waals surface area contributed by atoms with Gasteiger partial charge in [0.15, 0.2) is 11.6 Å². The highest BCUT2D eigenvalue weighted by atomic mass is 19.2. The van der Waals surface area contributed by atoms with Crippen LogP contribution < -0.4 is 10.6 Å². The van der Waals surface area contributed by atoms with Crippen molar-refractivity contribution in [2.75, 3.05) is 5.32 Å². The van der Waals surface area contributed by atoms with Crippen molar-refractivity contribution in [2.45, 2.75) is 51.7 Å². The number of nitro benzene ring substituents is 1. The van der Waals surface area contributed by atoms with Crippen molar-refractivity contribution in [1.82, 2.24) is 10.2 Å². The van der Waals surface area contributed by atoms with E-state index in [-0.39, 0.29) is 42.5 Å². The van der Waals surface area contributed by atoms with Gasteiger partial charge in [-0.2, -0.15) is 0 Å². The zero-order chi connectivity index (χ0) is 25.7. The van der Waals surface area contributed by atoms with Gasteiger partial charge in [0.05, 0.1) is 4.92 Å². The molecule has 1 aliphatic heterocycles. The number of likely N-dealkylation sites (tertiary alicyclic amines) is 1. The van der Waals surface area contributed by atoms with Gasteiger partial charge in [-0.1, -0.05) is 26.0 Å². The second kappa shape index (κ2) is 11.0. The van der Waals surface area contributed by atoms with Crippen LogP contribution in [-0.2, 0) is 20.9 Å². The summed E-state index contributed by atoms with van der Waals surface area (Å²) in [6.07, 6.45) is 0.463. The number of hydrogen-bond acceptors (Lipinski definition) is 5. The first kappa shape index (κ1) is 25.7. The molecule has 3 rings (SSSR count). The van der Waals surface area contributed by atoms with Gasteiger partial charge in [-0.15, -0.1) is 0 Å². The zero-order valence-electron chi connectivity index (χ0n) is 19.3. The van der Waals surface area contributed by atoms with E-state index in [2.05, 4.69) is 10.6 Å². The maximum absolute atomic E-state index is 14.1. The Labute approximate surface area is 200 Å². The highest BCUT2D eigenvalue weighted by molar-refractivity contribution is 5.97. The lowest BCUT2D eigenvalue weighted by Crippen LogP contribution is -2.48. The molecule has 2 aromatic rings. The van der Waals surface area contributed by atoms with E-state index in [9.17, 15) is 33.3 Å². The third kappa shape index (κ3) is 6.37. The van der Waals surface area contributed by atoms with Crippen LogP contribution in [0.4, 0.5) is 20.2 Å². The normalized spacial score (nSPS) is 16.3. The Balaban J connectivity index is 1.63. The molecule has 0 saturated carbocycles. The fourth-order valence-corrected chi connectivity index (χ4v) is 3.94. The summed E-state index contributed by atoms with van der Waals surface area (Å²) in [4.78, 5) is 49.5. The van der Waals surface area contributed by atoms with E-state index in [0.29, 0.717) is 12.1 Å². The summed E-state index contributed by atoms with van der Waals surface area (Å²) in [6.45, 7) is 3.34. The molecule has 0 bridgehead atoms. The topological polar surface area (TPSA) is 122 Å². The SMILES string of the molecule is CC(C)C(NC(=O)C[C@@H]1CCC(=O)N1Cc1cccc(F)c1F)C(=O)Nc1ccc([N+](=O)[O-])cc1.